The Hall–Kier alpha value is -2.17. The average Bonchev–Trinajstić information content (AvgIpc) is 3.11. The molecule has 0 N–H and O–H groups in total. The largest absolute Gasteiger partial charge is 0.343 e. The van der Waals surface area contributed by atoms with Gasteiger partial charge in [0, 0.05) is 31.0 Å². The molecule has 1 fully saturated rings. The van der Waals surface area contributed by atoms with E-state index in [9.17, 15) is 4.79 Å². The summed E-state index contributed by atoms with van der Waals surface area (Å²) in [6.07, 6.45) is 3.48. The quantitative estimate of drug-likeness (QED) is 0.752. The van der Waals surface area contributed by atoms with Crippen molar-refractivity contribution in [3.63, 3.8) is 0 Å². The molecule has 1 amide bonds. The second-order valence-corrected chi connectivity index (χ2v) is 9.05. The maximum Gasteiger partial charge on any atom is 0.230 e. The third-order valence-corrected chi connectivity index (χ3v) is 5.15. The van der Waals surface area contributed by atoms with Crippen molar-refractivity contribution < 1.29 is 9.32 Å². The molecule has 1 aromatic carbocycles. The van der Waals surface area contributed by atoms with E-state index in [1.807, 2.05) is 35.2 Å². The highest BCUT2D eigenvalue weighted by atomic mass is 16.5. The van der Waals surface area contributed by atoms with Gasteiger partial charge in [-0.15, -0.1) is 0 Å². The van der Waals surface area contributed by atoms with Gasteiger partial charge in [-0.25, -0.2) is 0 Å². The second-order valence-electron chi connectivity index (χ2n) is 9.05. The van der Waals surface area contributed by atoms with Crippen molar-refractivity contribution in [3.8, 4) is 11.4 Å². The number of likely N-dealkylation sites (tertiary alicyclic amines) is 1. The highest BCUT2D eigenvalue weighted by Gasteiger charge is 2.28. The lowest BCUT2D eigenvalue weighted by molar-refractivity contribution is -0.133. The number of hydrogen-bond acceptors (Lipinski definition) is 4. The molecule has 1 atom stereocenters. The van der Waals surface area contributed by atoms with E-state index in [-0.39, 0.29) is 17.2 Å². The lowest BCUT2D eigenvalue weighted by Crippen LogP contribution is -2.38. The maximum atomic E-state index is 12.6. The molecule has 3 rings (SSSR count). The smallest absolute Gasteiger partial charge is 0.230 e. The molecule has 0 spiro atoms. The summed E-state index contributed by atoms with van der Waals surface area (Å²) in [7, 11) is 0. The Morgan fingerprint density at radius 1 is 1.22 bits per heavy atom. The molecular weight excluding hydrogens is 338 g/mol. The van der Waals surface area contributed by atoms with Gasteiger partial charge in [0.1, 0.15) is 0 Å². The first kappa shape index (κ1) is 19.6. The molecule has 2 aromatic rings. The van der Waals surface area contributed by atoms with Gasteiger partial charge in [-0.05, 0) is 30.6 Å². The van der Waals surface area contributed by atoms with E-state index in [0.717, 1.165) is 37.9 Å². The SMILES string of the molecule is CC(CC(=O)N1CCC(c2nc(-c3ccccc3)no2)CC1)CC(C)(C)C. The van der Waals surface area contributed by atoms with E-state index < -0.39 is 0 Å². The van der Waals surface area contributed by atoms with Crippen LogP contribution in [0.4, 0.5) is 0 Å². The lowest BCUT2D eigenvalue weighted by Gasteiger charge is -2.32. The molecule has 0 bridgehead atoms. The first-order valence-corrected chi connectivity index (χ1v) is 9.98. The fraction of sp³-hybridized carbons (Fsp3) is 0.591. The third kappa shape index (κ3) is 5.41. The minimum atomic E-state index is 0.242. The summed E-state index contributed by atoms with van der Waals surface area (Å²) in [5.41, 5.74) is 1.23. The molecule has 1 aliphatic rings. The average molecular weight is 370 g/mol. The van der Waals surface area contributed by atoms with Gasteiger partial charge in [-0.2, -0.15) is 4.98 Å². The van der Waals surface area contributed by atoms with Crippen LogP contribution in [0.15, 0.2) is 34.9 Å². The van der Waals surface area contributed by atoms with Crippen molar-refractivity contribution >= 4 is 5.91 Å². The fourth-order valence-electron chi connectivity index (χ4n) is 4.03. The van der Waals surface area contributed by atoms with Crippen LogP contribution in [0.2, 0.25) is 0 Å². The summed E-state index contributed by atoms with van der Waals surface area (Å²) in [6.45, 7) is 10.4. The normalized spacial score (nSPS) is 17.1. The van der Waals surface area contributed by atoms with E-state index in [1.54, 1.807) is 0 Å². The van der Waals surface area contributed by atoms with Crippen LogP contribution in [-0.2, 0) is 4.79 Å². The first-order chi connectivity index (χ1) is 12.8. The Balaban J connectivity index is 1.52. The topological polar surface area (TPSA) is 59.2 Å². The zero-order chi connectivity index (χ0) is 19.4. The Labute approximate surface area is 162 Å². The molecule has 146 valence electrons. The fourth-order valence-corrected chi connectivity index (χ4v) is 4.03. The van der Waals surface area contributed by atoms with Crippen molar-refractivity contribution in [3.05, 3.63) is 36.2 Å². The van der Waals surface area contributed by atoms with Crippen LogP contribution in [0.5, 0.6) is 0 Å². The number of rotatable bonds is 5. The minimum absolute atomic E-state index is 0.242. The molecule has 0 aliphatic carbocycles. The van der Waals surface area contributed by atoms with Gasteiger partial charge in [0.05, 0.1) is 0 Å². The molecule has 5 nitrogen and oxygen atoms in total. The molecule has 1 saturated heterocycles. The number of hydrogen-bond donors (Lipinski definition) is 0. The van der Waals surface area contributed by atoms with E-state index in [1.165, 1.54) is 0 Å². The van der Waals surface area contributed by atoms with Crippen molar-refractivity contribution in [1.82, 2.24) is 15.0 Å². The number of amides is 1. The maximum absolute atomic E-state index is 12.6. The monoisotopic (exact) mass is 369 g/mol. The summed E-state index contributed by atoms with van der Waals surface area (Å²) in [6, 6.07) is 9.87. The van der Waals surface area contributed by atoms with Crippen LogP contribution in [0.1, 0.15) is 65.2 Å². The molecule has 27 heavy (non-hydrogen) atoms. The number of nitrogens with zero attached hydrogens (tertiary/aromatic N) is 3. The Morgan fingerprint density at radius 3 is 2.52 bits per heavy atom. The van der Waals surface area contributed by atoms with Gasteiger partial charge in [-0.1, -0.05) is 63.2 Å². The number of carbonyl (C=O) groups excluding carboxylic acids is 1. The summed E-state index contributed by atoms with van der Waals surface area (Å²) in [5, 5.41) is 4.12. The molecular formula is C22H31N3O2. The molecule has 0 saturated carbocycles. The van der Waals surface area contributed by atoms with E-state index in [0.29, 0.717) is 24.1 Å². The Morgan fingerprint density at radius 2 is 1.89 bits per heavy atom. The van der Waals surface area contributed by atoms with E-state index in [2.05, 4.69) is 37.8 Å². The molecule has 1 unspecified atom stereocenters. The summed E-state index contributed by atoms with van der Waals surface area (Å²) in [4.78, 5) is 19.2. The van der Waals surface area contributed by atoms with Crippen LogP contribution < -0.4 is 0 Å². The molecule has 1 aromatic heterocycles. The molecule has 2 heterocycles. The van der Waals surface area contributed by atoms with Gasteiger partial charge < -0.3 is 9.42 Å². The summed E-state index contributed by atoms with van der Waals surface area (Å²) >= 11 is 0. The molecule has 1 aliphatic heterocycles. The third-order valence-electron chi connectivity index (χ3n) is 5.15. The highest BCUT2D eigenvalue weighted by molar-refractivity contribution is 5.76. The Bertz CT molecular complexity index is 740. The zero-order valence-electron chi connectivity index (χ0n) is 16.9. The predicted octanol–water partition coefficient (Wildman–Crippen LogP) is 4.91. The predicted molar refractivity (Wildman–Crippen MR) is 106 cm³/mol. The van der Waals surface area contributed by atoms with Crippen LogP contribution in [-0.4, -0.2) is 34.0 Å². The molecule has 5 heteroatoms. The van der Waals surface area contributed by atoms with Gasteiger partial charge >= 0.3 is 0 Å². The van der Waals surface area contributed by atoms with Gasteiger partial charge in [-0.3, -0.25) is 4.79 Å². The second kappa shape index (κ2) is 8.24. The number of piperidine rings is 1. The van der Waals surface area contributed by atoms with Gasteiger partial charge in [0.2, 0.25) is 17.6 Å². The zero-order valence-corrected chi connectivity index (χ0v) is 16.9. The Kier molecular flexibility index (Phi) is 5.98. The standard InChI is InChI=1S/C22H31N3O2/c1-16(15-22(2,3)4)14-19(26)25-12-10-18(11-13-25)21-23-20(24-27-21)17-8-6-5-7-9-17/h5-9,16,18H,10-15H2,1-4H3. The van der Waals surface area contributed by atoms with Crippen molar-refractivity contribution in [2.24, 2.45) is 11.3 Å². The van der Waals surface area contributed by atoms with Gasteiger partial charge in [0.25, 0.3) is 0 Å². The number of aromatic nitrogens is 2. The van der Waals surface area contributed by atoms with Crippen molar-refractivity contribution in [2.45, 2.75) is 59.3 Å². The highest BCUT2D eigenvalue weighted by Crippen LogP contribution is 2.30. The van der Waals surface area contributed by atoms with Crippen LogP contribution in [0, 0.1) is 11.3 Å². The lowest BCUT2D eigenvalue weighted by atomic mass is 9.84. The molecule has 0 radical (unpaired) electrons. The van der Waals surface area contributed by atoms with E-state index in [4.69, 9.17) is 4.52 Å². The van der Waals surface area contributed by atoms with Crippen LogP contribution in [0.3, 0.4) is 0 Å². The first-order valence-electron chi connectivity index (χ1n) is 9.98. The minimum Gasteiger partial charge on any atom is -0.343 e. The van der Waals surface area contributed by atoms with Crippen molar-refractivity contribution in [1.29, 1.82) is 0 Å². The van der Waals surface area contributed by atoms with Gasteiger partial charge in [0.15, 0.2) is 0 Å². The number of carbonyl (C=O) groups is 1. The number of benzene rings is 1. The van der Waals surface area contributed by atoms with E-state index >= 15 is 0 Å². The van der Waals surface area contributed by atoms with Crippen LogP contribution >= 0.6 is 0 Å². The summed E-state index contributed by atoms with van der Waals surface area (Å²) < 4.78 is 5.51. The summed E-state index contributed by atoms with van der Waals surface area (Å²) in [5.74, 6) is 2.27. The van der Waals surface area contributed by atoms with Crippen molar-refractivity contribution in [2.75, 3.05) is 13.1 Å². The van der Waals surface area contributed by atoms with Crippen LogP contribution in [0.25, 0.3) is 11.4 Å².